The summed E-state index contributed by atoms with van der Waals surface area (Å²) < 4.78 is 48.5. The molecule has 0 aromatic rings. The van der Waals surface area contributed by atoms with Gasteiger partial charge in [-0.25, -0.2) is 0 Å². The topological polar surface area (TPSA) is 276 Å². The van der Waals surface area contributed by atoms with Gasteiger partial charge in [0.25, 0.3) is 0 Å². The van der Waals surface area contributed by atoms with E-state index in [1.807, 2.05) is 0 Å². The molecule has 0 amide bonds. The van der Waals surface area contributed by atoms with Gasteiger partial charge >= 0.3 is 0 Å². The highest BCUT2D eigenvalue weighted by Crippen LogP contribution is 2.70. The molecule has 348 valence electrons. The molecule has 5 heterocycles. The summed E-state index contributed by atoms with van der Waals surface area (Å²) in [4.78, 5) is 0. The van der Waals surface area contributed by atoms with Gasteiger partial charge in [-0.2, -0.15) is 0 Å². The van der Waals surface area contributed by atoms with E-state index in [1.54, 1.807) is 0 Å². The lowest BCUT2D eigenvalue weighted by molar-refractivity contribution is -0.405. The molecule has 18 nitrogen and oxygen atoms in total. The Bertz CT molecular complexity index is 1600. The lowest BCUT2D eigenvalue weighted by Gasteiger charge is -2.58. The molecule has 9 rings (SSSR count). The number of hydrogen-bond acceptors (Lipinski definition) is 18. The minimum atomic E-state index is -1.97. The van der Waals surface area contributed by atoms with E-state index >= 15 is 0 Å². The van der Waals surface area contributed by atoms with Crippen molar-refractivity contribution in [1.82, 2.24) is 0 Å². The Labute approximate surface area is 355 Å². The Kier molecular flexibility index (Phi) is 12.4. The number of ether oxygens (including phenoxy) is 8. The van der Waals surface area contributed by atoms with Crippen molar-refractivity contribution >= 4 is 0 Å². The second kappa shape index (κ2) is 16.7. The van der Waals surface area contributed by atoms with E-state index in [4.69, 9.17) is 37.9 Å². The van der Waals surface area contributed by atoms with Gasteiger partial charge in [-0.3, -0.25) is 0 Å². The Balaban J connectivity index is 0.916. The molecule has 26 atom stereocenters. The molecule has 1 spiro atoms. The molecule has 10 N–H and O–H groups in total. The second-order valence-electron chi connectivity index (χ2n) is 20.4. The maximum Gasteiger partial charge on any atom is 0.189 e. The zero-order chi connectivity index (χ0) is 43.5. The van der Waals surface area contributed by atoms with Crippen LogP contribution in [0, 0.1) is 46.3 Å². The van der Waals surface area contributed by atoms with E-state index < -0.39 is 111 Å². The molecule has 4 aliphatic carbocycles. The van der Waals surface area contributed by atoms with Gasteiger partial charge in [-0.1, -0.05) is 39.3 Å². The molecular formula is C43H68O18. The summed E-state index contributed by atoms with van der Waals surface area (Å²) in [5, 5.41) is 105. The average molecular weight is 873 g/mol. The van der Waals surface area contributed by atoms with Crippen molar-refractivity contribution < 1.29 is 89.0 Å². The normalized spacial score (nSPS) is 58.4. The fourth-order valence-corrected chi connectivity index (χ4v) is 13.6. The monoisotopic (exact) mass is 872 g/mol. The van der Waals surface area contributed by atoms with E-state index in [9.17, 15) is 51.1 Å². The smallest absolute Gasteiger partial charge is 0.189 e. The summed E-state index contributed by atoms with van der Waals surface area (Å²) in [6, 6.07) is 0. The first-order valence-electron chi connectivity index (χ1n) is 22.6. The summed E-state index contributed by atoms with van der Waals surface area (Å²) in [7, 11) is 0. The largest absolute Gasteiger partial charge is 0.394 e. The fourth-order valence-electron chi connectivity index (χ4n) is 13.6. The minimum Gasteiger partial charge on any atom is -0.394 e. The fraction of sp³-hybridized carbons (Fsp3) is 0.953. The number of fused-ring (bicyclic) bond motifs is 7. The maximum absolute atomic E-state index is 11.9. The molecule has 3 saturated carbocycles. The second-order valence-corrected chi connectivity index (χ2v) is 20.4. The van der Waals surface area contributed by atoms with Gasteiger partial charge in [-0.15, -0.1) is 0 Å². The van der Waals surface area contributed by atoms with Crippen molar-refractivity contribution in [3.8, 4) is 0 Å². The van der Waals surface area contributed by atoms with Crippen LogP contribution in [0.4, 0.5) is 0 Å². The predicted molar refractivity (Wildman–Crippen MR) is 206 cm³/mol. The lowest BCUT2D eigenvalue weighted by Crippen LogP contribution is -2.67. The Morgan fingerprint density at radius 1 is 0.689 bits per heavy atom. The number of rotatable bonds is 7. The molecule has 61 heavy (non-hydrogen) atoms. The molecule has 18 heteroatoms. The summed E-state index contributed by atoms with van der Waals surface area (Å²) in [6.45, 7) is 9.52. The van der Waals surface area contributed by atoms with Gasteiger partial charge in [0.15, 0.2) is 37.2 Å². The van der Waals surface area contributed by atoms with Crippen molar-refractivity contribution in [1.29, 1.82) is 0 Å². The molecule has 5 aliphatic heterocycles. The highest BCUT2D eigenvalue weighted by molar-refractivity contribution is 5.26. The number of aliphatic hydroxyl groups is 10. The van der Waals surface area contributed by atoms with Crippen molar-refractivity contribution in [2.45, 2.75) is 196 Å². The quantitative estimate of drug-likeness (QED) is 0.139. The third-order valence-electron chi connectivity index (χ3n) is 17.1. The van der Waals surface area contributed by atoms with Crippen LogP contribution in [-0.2, 0) is 37.9 Å². The van der Waals surface area contributed by atoms with Crippen molar-refractivity contribution in [3.05, 3.63) is 11.6 Å². The van der Waals surface area contributed by atoms with Gasteiger partial charge in [0, 0.05) is 12.3 Å². The van der Waals surface area contributed by atoms with Crippen LogP contribution < -0.4 is 0 Å². The molecule has 7 unspecified atom stereocenters. The van der Waals surface area contributed by atoms with E-state index in [1.165, 1.54) is 5.57 Å². The van der Waals surface area contributed by atoms with Crippen LogP contribution in [-0.4, -0.2) is 175 Å². The van der Waals surface area contributed by atoms with Gasteiger partial charge < -0.3 is 89.0 Å². The zero-order valence-corrected chi connectivity index (χ0v) is 35.4. The van der Waals surface area contributed by atoms with E-state index in [0.29, 0.717) is 48.3 Å². The maximum atomic E-state index is 11.9. The van der Waals surface area contributed by atoms with Crippen LogP contribution >= 0.6 is 0 Å². The average Bonchev–Trinajstić information content (AvgIpc) is 3.69. The lowest BCUT2D eigenvalue weighted by atomic mass is 9.47. The third-order valence-corrected chi connectivity index (χ3v) is 17.1. The highest BCUT2D eigenvalue weighted by Gasteiger charge is 2.69. The summed E-state index contributed by atoms with van der Waals surface area (Å²) in [6.07, 6.45) is -16.2. The standard InChI is InChI=1S/C43H68O18/c1-17-7-12-43(54-16-17)18(2)26-24(61-43)14-23-21-6-5-19-13-20(8-10-41(19,3)22(21)9-11-42(23,26)4)55-40-35(58-39-32(50)28(46)30(48)37(53)60-39)33(51)34(25(15-44)56-40)57-38-31(49)27(45)29(47)36(52)59-38/h5,17-18,20-40,44-53H,6-16H2,1-4H3/t17-,18+,20?,21-,22+,23+,24+,25?,26+,27+,28+,29-,30-,31?,32?,33+,34-,35?,36?,37?,38-,39-,40-,41+,42+,43-/m1/s1. The Hall–Kier alpha value is -0.980. The Morgan fingerprint density at radius 2 is 1.34 bits per heavy atom. The van der Waals surface area contributed by atoms with E-state index in [-0.39, 0.29) is 16.9 Å². The summed E-state index contributed by atoms with van der Waals surface area (Å²) in [5.74, 6) is 2.45. The molecule has 0 radical (unpaired) electrons. The third kappa shape index (κ3) is 7.40. The molecule has 5 saturated heterocycles. The van der Waals surface area contributed by atoms with Crippen LogP contribution in [0.3, 0.4) is 0 Å². The van der Waals surface area contributed by atoms with Gasteiger partial charge in [-0.05, 0) is 91.8 Å². The van der Waals surface area contributed by atoms with Gasteiger partial charge in [0.2, 0.25) is 0 Å². The zero-order valence-electron chi connectivity index (χ0n) is 35.4. The highest BCUT2D eigenvalue weighted by atomic mass is 16.8. The van der Waals surface area contributed by atoms with Crippen molar-refractivity contribution in [2.75, 3.05) is 13.2 Å². The van der Waals surface area contributed by atoms with Crippen LogP contribution in [0.5, 0.6) is 0 Å². The van der Waals surface area contributed by atoms with Crippen molar-refractivity contribution in [2.24, 2.45) is 46.3 Å². The SMILES string of the molecule is C[C@@H]1CC[C@@]2(OC1)O[C@H]1C[C@H]3[C@@H]4CC=C5CC(O[C@@H]6OC(CO)[C@@H](O[C@@H]7OC(O)[C@H](O)[C@H](O)C7O)[C@H](O)C6O[C@@H]6OC(O)[C@H](O)[C@H](O)C6O)CC[C@]5(C)[C@H]4CC[C@]3(C)[C@H]1[C@@H]2C. The van der Waals surface area contributed by atoms with Crippen LogP contribution in [0.25, 0.3) is 0 Å². The Morgan fingerprint density at radius 3 is 1.97 bits per heavy atom. The first-order chi connectivity index (χ1) is 28.9. The van der Waals surface area contributed by atoms with E-state index in [0.717, 1.165) is 51.6 Å². The molecule has 0 bridgehead atoms. The van der Waals surface area contributed by atoms with Crippen molar-refractivity contribution in [3.63, 3.8) is 0 Å². The molecule has 8 fully saturated rings. The number of hydrogen-bond donors (Lipinski definition) is 10. The number of allylic oxidation sites excluding steroid dienone is 1. The van der Waals surface area contributed by atoms with E-state index in [2.05, 4.69) is 33.8 Å². The molecule has 9 aliphatic rings. The summed E-state index contributed by atoms with van der Waals surface area (Å²) >= 11 is 0. The molecule has 0 aromatic heterocycles. The predicted octanol–water partition coefficient (Wildman–Crippen LogP) is -0.898. The van der Waals surface area contributed by atoms with Crippen LogP contribution in [0.2, 0.25) is 0 Å². The minimum absolute atomic E-state index is 0.0653. The van der Waals surface area contributed by atoms with Crippen LogP contribution in [0.15, 0.2) is 11.6 Å². The first-order valence-corrected chi connectivity index (χ1v) is 22.6. The van der Waals surface area contributed by atoms with Gasteiger partial charge in [0.1, 0.15) is 61.0 Å². The summed E-state index contributed by atoms with van der Waals surface area (Å²) in [5.41, 5.74) is 1.40. The number of aliphatic hydroxyl groups excluding tert-OH is 10. The van der Waals surface area contributed by atoms with Crippen LogP contribution in [0.1, 0.15) is 85.5 Å². The first kappa shape index (κ1) is 45.2. The molecule has 0 aromatic carbocycles. The molecular weight excluding hydrogens is 804 g/mol. The van der Waals surface area contributed by atoms with Gasteiger partial charge in [0.05, 0.1) is 25.4 Å².